The lowest BCUT2D eigenvalue weighted by atomic mass is 9.94. The summed E-state index contributed by atoms with van der Waals surface area (Å²) in [6.07, 6.45) is 4.50. The Morgan fingerprint density at radius 1 is 1.06 bits per heavy atom. The third-order valence-electron chi connectivity index (χ3n) is 7.17. The fourth-order valence-electron chi connectivity index (χ4n) is 5.22. The fraction of sp³-hybridized carbons (Fsp3) is 0.609. The number of amides is 1. The molecule has 1 spiro atoms. The van der Waals surface area contributed by atoms with Crippen molar-refractivity contribution in [2.45, 2.75) is 49.8 Å². The Hall–Kier alpha value is -1.94. The van der Waals surface area contributed by atoms with Crippen molar-refractivity contribution < 1.29 is 22.7 Å². The molecular weight excluding hydrogens is 430 g/mol. The molecule has 8 nitrogen and oxygen atoms in total. The maximum absolute atomic E-state index is 13.2. The molecule has 3 aliphatic heterocycles. The molecule has 1 aromatic carbocycles. The van der Waals surface area contributed by atoms with Gasteiger partial charge in [0.05, 0.1) is 18.1 Å². The van der Waals surface area contributed by atoms with Gasteiger partial charge in [-0.1, -0.05) is 0 Å². The van der Waals surface area contributed by atoms with Crippen molar-refractivity contribution in [3.05, 3.63) is 30.5 Å². The summed E-state index contributed by atoms with van der Waals surface area (Å²) >= 11 is 0. The molecule has 0 radical (unpaired) electrons. The minimum atomic E-state index is -3.57. The molecule has 4 heterocycles. The lowest BCUT2D eigenvalue weighted by Crippen LogP contribution is -2.50. The van der Waals surface area contributed by atoms with Gasteiger partial charge in [0, 0.05) is 68.6 Å². The van der Waals surface area contributed by atoms with Crippen molar-refractivity contribution in [2.24, 2.45) is 5.92 Å². The first-order chi connectivity index (χ1) is 15.4. The largest absolute Gasteiger partial charge is 0.348 e. The number of aryl methyl sites for hydroxylation is 1. The van der Waals surface area contributed by atoms with Crippen LogP contribution in [0.15, 0.2) is 35.4 Å². The van der Waals surface area contributed by atoms with Crippen LogP contribution in [0.2, 0.25) is 0 Å². The van der Waals surface area contributed by atoms with Gasteiger partial charge < -0.3 is 18.9 Å². The highest BCUT2D eigenvalue weighted by molar-refractivity contribution is 7.89. The second-order valence-electron chi connectivity index (χ2n) is 8.93. The van der Waals surface area contributed by atoms with Crippen LogP contribution in [0.3, 0.4) is 0 Å². The van der Waals surface area contributed by atoms with E-state index in [-0.39, 0.29) is 11.8 Å². The van der Waals surface area contributed by atoms with Gasteiger partial charge in [-0.25, -0.2) is 8.42 Å². The quantitative estimate of drug-likeness (QED) is 0.699. The van der Waals surface area contributed by atoms with Gasteiger partial charge in [-0.2, -0.15) is 4.31 Å². The number of ether oxygens (including phenoxy) is 2. The Morgan fingerprint density at radius 2 is 1.75 bits per heavy atom. The Balaban J connectivity index is 1.21. The SMILES string of the molecule is CCn1ccc2cc(S(=O)(=O)N3CCC(C(=O)N4CCC5(CC4)OCCO5)CC3)ccc21. The number of likely N-dealkylation sites (tertiary alicyclic amines) is 1. The van der Waals surface area contributed by atoms with Crippen LogP contribution in [-0.2, 0) is 30.8 Å². The molecule has 174 valence electrons. The number of fused-ring (bicyclic) bond motifs is 1. The van der Waals surface area contributed by atoms with Crippen molar-refractivity contribution in [3.8, 4) is 0 Å². The van der Waals surface area contributed by atoms with Gasteiger partial charge in [0.15, 0.2) is 5.79 Å². The number of sulfonamides is 1. The van der Waals surface area contributed by atoms with Gasteiger partial charge >= 0.3 is 0 Å². The zero-order valence-electron chi connectivity index (χ0n) is 18.5. The third-order valence-corrected chi connectivity index (χ3v) is 9.07. The average molecular weight is 462 g/mol. The summed E-state index contributed by atoms with van der Waals surface area (Å²) in [5.41, 5.74) is 1.03. The number of rotatable bonds is 4. The van der Waals surface area contributed by atoms with E-state index >= 15 is 0 Å². The minimum Gasteiger partial charge on any atom is -0.348 e. The summed E-state index contributed by atoms with van der Waals surface area (Å²) in [5, 5.41) is 0.927. The van der Waals surface area contributed by atoms with E-state index in [1.165, 1.54) is 4.31 Å². The van der Waals surface area contributed by atoms with Crippen molar-refractivity contribution in [2.75, 3.05) is 39.4 Å². The molecule has 0 unspecified atom stereocenters. The summed E-state index contributed by atoms with van der Waals surface area (Å²) < 4.78 is 41.6. The van der Waals surface area contributed by atoms with E-state index in [9.17, 15) is 13.2 Å². The van der Waals surface area contributed by atoms with Gasteiger partial charge in [0.25, 0.3) is 0 Å². The van der Waals surface area contributed by atoms with Crippen molar-refractivity contribution in [1.29, 1.82) is 0 Å². The van der Waals surface area contributed by atoms with Crippen LogP contribution in [0.25, 0.3) is 10.9 Å². The molecule has 0 aliphatic carbocycles. The van der Waals surface area contributed by atoms with E-state index in [2.05, 4.69) is 11.5 Å². The standard InChI is InChI=1S/C23H31N3O5S/c1-2-24-10-5-19-17-20(3-4-21(19)24)32(28,29)26-11-6-18(7-12-26)22(27)25-13-8-23(9-14-25)30-15-16-31-23/h3-5,10,17-18H,2,6-9,11-16H2,1H3. The summed E-state index contributed by atoms with van der Waals surface area (Å²) in [7, 11) is -3.57. The summed E-state index contributed by atoms with van der Waals surface area (Å²) in [6.45, 7) is 6.16. The van der Waals surface area contributed by atoms with Crippen LogP contribution in [-0.4, -0.2) is 73.3 Å². The van der Waals surface area contributed by atoms with E-state index in [4.69, 9.17) is 9.47 Å². The highest BCUT2D eigenvalue weighted by Crippen LogP contribution is 2.33. The second kappa shape index (κ2) is 8.44. The number of benzene rings is 1. The molecule has 1 amide bonds. The number of carbonyl (C=O) groups excluding carboxylic acids is 1. The second-order valence-corrected chi connectivity index (χ2v) is 10.9. The molecule has 0 atom stereocenters. The molecular formula is C23H31N3O5S. The lowest BCUT2D eigenvalue weighted by Gasteiger charge is -2.40. The molecule has 3 aliphatic rings. The minimum absolute atomic E-state index is 0.123. The zero-order chi connectivity index (χ0) is 22.3. The van der Waals surface area contributed by atoms with Crippen LogP contribution in [0.1, 0.15) is 32.6 Å². The number of aromatic nitrogens is 1. The Morgan fingerprint density at radius 3 is 2.41 bits per heavy atom. The number of hydrogen-bond donors (Lipinski definition) is 0. The summed E-state index contributed by atoms with van der Waals surface area (Å²) in [6, 6.07) is 7.28. The molecule has 5 rings (SSSR count). The van der Waals surface area contributed by atoms with Crippen LogP contribution >= 0.6 is 0 Å². The normalized spacial score (nSPS) is 22.7. The number of hydrogen-bond acceptors (Lipinski definition) is 5. The average Bonchev–Trinajstić information content (AvgIpc) is 3.45. The zero-order valence-corrected chi connectivity index (χ0v) is 19.3. The maximum Gasteiger partial charge on any atom is 0.243 e. The van der Waals surface area contributed by atoms with Gasteiger partial charge in [-0.05, 0) is 44.0 Å². The van der Waals surface area contributed by atoms with Crippen LogP contribution < -0.4 is 0 Å². The highest BCUT2D eigenvalue weighted by atomic mass is 32.2. The first-order valence-corrected chi connectivity index (χ1v) is 13.0. The molecule has 0 saturated carbocycles. The van der Waals surface area contributed by atoms with Crippen molar-refractivity contribution >= 4 is 26.8 Å². The molecule has 9 heteroatoms. The van der Waals surface area contributed by atoms with E-state index in [0.717, 1.165) is 17.4 Å². The lowest BCUT2D eigenvalue weighted by molar-refractivity contribution is -0.188. The summed E-state index contributed by atoms with van der Waals surface area (Å²) in [4.78, 5) is 15.3. The predicted octanol–water partition coefficient (Wildman–Crippen LogP) is 2.43. The smallest absolute Gasteiger partial charge is 0.243 e. The summed E-state index contributed by atoms with van der Waals surface area (Å²) in [5.74, 6) is -0.479. The van der Waals surface area contributed by atoms with Crippen LogP contribution in [0, 0.1) is 5.92 Å². The van der Waals surface area contributed by atoms with Gasteiger partial charge in [0.2, 0.25) is 15.9 Å². The monoisotopic (exact) mass is 461 g/mol. The molecule has 2 aromatic rings. The fourth-order valence-corrected chi connectivity index (χ4v) is 6.72. The Kier molecular flexibility index (Phi) is 5.77. The molecule has 3 fully saturated rings. The predicted molar refractivity (Wildman–Crippen MR) is 120 cm³/mol. The van der Waals surface area contributed by atoms with E-state index < -0.39 is 15.8 Å². The third kappa shape index (κ3) is 3.85. The van der Waals surface area contributed by atoms with Gasteiger partial charge in [-0.15, -0.1) is 0 Å². The number of piperidine rings is 2. The first-order valence-electron chi connectivity index (χ1n) is 11.6. The molecule has 0 bridgehead atoms. The number of carbonyl (C=O) groups is 1. The molecule has 0 N–H and O–H groups in total. The van der Waals surface area contributed by atoms with Gasteiger partial charge in [0.1, 0.15) is 0 Å². The Labute approximate surface area is 189 Å². The van der Waals surface area contributed by atoms with Gasteiger partial charge in [-0.3, -0.25) is 4.79 Å². The molecule has 3 saturated heterocycles. The number of nitrogens with zero attached hydrogens (tertiary/aromatic N) is 3. The van der Waals surface area contributed by atoms with Crippen LogP contribution in [0.5, 0.6) is 0 Å². The molecule has 32 heavy (non-hydrogen) atoms. The van der Waals surface area contributed by atoms with Crippen molar-refractivity contribution in [3.63, 3.8) is 0 Å². The van der Waals surface area contributed by atoms with E-state index in [1.54, 1.807) is 12.1 Å². The molecule has 1 aromatic heterocycles. The van der Waals surface area contributed by atoms with E-state index in [1.807, 2.05) is 23.2 Å². The first kappa shape index (κ1) is 21.9. The highest BCUT2D eigenvalue weighted by Gasteiger charge is 2.42. The maximum atomic E-state index is 13.2. The van der Waals surface area contributed by atoms with E-state index in [0.29, 0.717) is 70.0 Å². The van der Waals surface area contributed by atoms with Crippen LogP contribution in [0.4, 0.5) is 0 Å². The Bertz CT molecular complexity index is 1090. The topological polar surface area (TPSA) is 81.1 Å². The van der Waals surface area contributed by atoms with Crippen molar-refractivity contribution in [1.82, 2.24) is 13.8 Å².